The number of hydrogen-bond acceptors (Lipinski definition) is 5. The number of aromatic nitrogens is 5. The molecule has 9 heteroatoms. The summed E-state index contributed by atoms with van der Waals surface area (Å²) in [5, 5.41) is 11.6. The monoisotopic (exact) mass is 437 g/mol. The molecule has 170 valence electrons. The van der Waals surface area contributed by atoms with E-state index in [9.17, 15) is 4.79 Å². The highest BCUT2D eigenvalue weighted by Crippen LogP contribution is 2.16. The maximum atomic E-state index is 13.1. The minimum absolute atomic E-state index is 0.0994. The molecule has 0 bridgehead atoms. The summed E-state index contributed by atoms with van der Waals surface area (Å²) in [5.41, 5.74) is 1.06. The van der Waals surface area contributed by atoms with Crippen molar-refractivity contribution in [3.8, 4) is 5.75 Å². The molecular formula is C23H31N7O2. The van der Waals surface area contributed by atoms with Crippen molar-refractivity contribution < 1.29 is 9.53 Å². The van der Waals surface area contributed by atoms with Gasteiger partial charge in [0.25, 0.3) is 0 Å². The lowest BCUT2D eigenvalue weighted by atomic mass is 10.2. The van der Waals surface area contributed by atoms with E-state index in [2.05, 4.69) is 25.1 Å². The van der Waals surface area contributed by atoms with Crippen LogP contribution >= 0.6 is 0 Å². The van der Waals surface area contributed by atoms with E-state index in [0.717, 1.165) is 61.7 Å². The summed E-state index contributed by atoms with van der Waals surface area (Å²) >= 11 is 0. The first-order chi connectivity index (χ1) is 15.7. The largest absolute Gasteiger partial charge is 0.494 e. The molecular weight excluding hydrogens is 406 g/mol. The number of hydrogen-bond donors (Lipinski definition) is 1. The minimum Gasteiger partial charge on any atom is -0.494 e. The quantitative estimate of drug-likeness (QED) is 0.527. The van der Waals surface area contributed by atoms with Gasteiger partial charge in [0.15, 0.2) is 5.82 Å². The van der Waals surface area contributed by atoms with E-state index in [1.54, 1.807) is 12.5 Å². The summed E-state index contributed by atoms with van der Waals surface area (Å²) in [6.07, 6.45) is 9.57. The highest BCUT2D eigenvalue weighted by Gasteiger charge is 2.18. The average molecular weight is 438 g/mol. The number of nitrogens with one attached hydrogen (secondary N) is 1. The first kappa shape index (κ1) is 21.9. The molecule has 1 N–H and O–H groups in total. The highest BCUT2D eigenvalue weighted by atomic mass is 16.5. The van der Waals surface area contributed by atoms with E-state index >= 15 is 0 Å². The Balaban J connectivity index is 1.38. The predicted octanol–water partition coefficient (Wildman–Crippen LogP) is 3.01. The summed E-state index contributed by atoms with van der Waals surface area (Å²) in [6.45, 7) is 5.88. The normalized spacial score (nSPS) is 12.9. The van der Waals surface area contributed by atoms with Gasteiger partial charge in [-0.2, -0.15) is 0 Å². The van der Waals surface area contributed by atoms with E-state index in [1.807, 2.05) is 46.9 Å². The molecule has 2 amide bonds. The fourth-order valence-corrected chi connectivity index (χ4v) is 3.96. The summed E-state index contributed by atoms with van der Waals surface area (Å²) in [5.74, 6) is 2.68. The third-order valence-electron chi connectivity index (χ3n) is 5.63. The van der Waals surface area contributed by atoms with E-state index in [-0.39, 0.29) is 6.03 Å². The Kier molecular flexibility index (Phi) is 7.37. The molecule has 0 unspecified atom stereocenters. The van der Waals surface area contributed by atoms with Crippen LogP contribution < -0.4 is 10.1 Å². The minimum atomic E-state index is -0.0994. The van der Waals surface area contributed by atoms with Crippen LogP contribution in [-0.4, -0.2) is 48.4 Å². The Labute approximate surface area is 188 Å². The van der Waals surface area contributed by atoms with Crippen LogP contribution in [0.15, 0.2) is 43.0 Å². The van der Waals surface area contributed by atoms with Crippen LogP contribution in [0.1, 0.15) is 43.4 Å². The van der Waals surface area contributed by atoms with Gasteiger partial charge in [-0.05, 0) is 43.9 Å². The highest BCUT2D eigenvalue weighted by molar-refractivity contribution is 5.74. The van der Waals surface area contributed by atoms with Gasteiger partial charge in [0, 0.05) is 45.0 Å². The summed E-state index contributed by atoms with van der Waals surface area (Å²) in [7, 11) is 0. The number of rotatable bonds is 10. The van der Waals surface area contributed by atoms with E-state index in [4.69, 9.17) is 4.74 Å². The Morgan fingerprint density at radius 2 is 2.09 bits per heavy atom. The Hall–Kier alpha value is -3.36. The van der Waals surface area contributed by atoms with Crippen LogP contribution in [0.5, 0.6) is 5.75 Å². The molecule has 0 spiro atoms. The van der Waals surface area contributed by atoms with Crippen molar-refractivity contribution in [1.29, 1.82) is 0 Å². The van der Waals surface area contributed by atoms with Crippen molar-refractivity contribution >= 4 is 6.03 Å². The molecule has 1 aliphatic heterocycles. The van der Waals surface area contributed by atoms with Gasteiger partial charge < -0.3 is 24.1 Å². The van der Waals surface area contributed by atoms with Gasteiger partial charge >= 0.3 is 6.03 Å². The standard InChI is InChI=1S/C23H31N7O2/c1-2-32-20-9-7-19(8-10-20)17-29(13-5-12-28-15-11-24-18-28)23(31)25-16-22-27-26-21-6-3-4-14-30(21)22/h7-11,15,18H,2-6,12-14,16-17H2,1H3,(H,25,31). The van der Waals surface area contributed by atoms with Crippen molar-refractivity contribution in [2.45, 2.75) is 58.8 Å². The summed E-state index contributed by atoms with van der Waals surface area (Å²) < 4.78 is 9.69. The maximum absolute atomic E-state index is 13.1. The second-order valence-electron chi connectivity index (χ2n) is 7.95. The Morgan fingerprint density at radius 3 is 2.88 bits per heavy atom. The number of fused-ring (bicyclic) bond motifs is 1. The molecule has 0 fully saturated rings. The lowest BCUT2D eigenvalue weighted by molar-refractivity contribution is 0.192. The molecule has 0 saturated heterocycles. The molecule has 9 nitrogen and oxygen atoms in total. The number of benzene rings is 1. The SMILES string of the molecule is CCOc1ccc(CN(CCCn2ccnc2)C(=O)NCc2nnc3n2CCCC3)cc1. The molecule has 3 aromatic rings. The fraction of sp³-hybridized carbons (Fsp3) is 0.478. The average Bonchev–Trinajstić information content (AvgIpc) is 3.48. The smallest absolute Gasteiger partial charge is 0.318 e. The van der Waals surface area contributed by atoms with Crippen molar-refractivity contribution in [2.75, 3.05) is 13.2 Å². The first-order valence-electron chi connectivity index (χ1n) is 11.3. The zero-order valence-corrected chi connectivity index (χ0v) is 18.6. The lowest BCUT2D eigenvalue weighted by Gasteiger charge is -2.24. The second kappa shape index (κ2) is 10.8. The van der Waals surface area contributed by atoms with E-state index in [1.165, 1.54) is 0 Å². The summed E-state index contributed by atoms with van der Waals surface area (Å²) in [4.78, 5) is 19.0. The fourth-order valence-electron chi connectivity index (χ4n) is 3.96. The lowest BCUT2D eigenvalue weighted by Crippen LogP contribution is -2.40. The number of aryl methyl sites for hydroxylation is 2. The first-order valence-corrected chi connectivity index (χ1v) is 11.3. The van der Waals surface area contributed by atoms with Crippen LogP contribution in [-0.2, 0) is 32.6 Å². The summed E-state index contributed by atoms with van der Waals surface area (Å²) in [6, 6.07) is 7.82. The predicted molar refractivity (Wildman–Crippen MR) is 120 cm³/mol. The molecule has 3 heterocycles. The molecule has 4 rings (SSSR count). The van der Waals surface area contributed by atoms with Crippen molar-refractivity contribution in [2.24, 2.45) is 0 Å². The zero-order valence-electron chi connectivity index (χ0n) is 18.6. The number of imidazole rings is 1. The Bertz CT molecular complexity index is 982. The molecule has 0 atom stereocenters. The van der Waals surface area contributed by atoms with Gasteiger partial charge in [-0.1, -0.05) is 12.1 Å². The molecule has 1 aliphatic rings. The van der Waals surface area contributed by atoms with Crippen molar-refractivity contribution in [3.63, 3.8) is 0 Å². The molecule has 32 heavy (non-hydrogen) atoms. The zero-order chi connectivity index (χ0) is 22.2. The van der Waals surface area contributed by atoms with Crippen LogP contribution in [0.25, 0.3) is 0 Å². The molecule has 0 saturated carbocycles. The van der Waals surface area contributed by atoms with Crippen LogP contribution in [0.4, 0.5) is 4.79 Å². The number of amides is 2. The van der Waals surface area contributed by atoms with Gasteiger partial charge in [0.2, 0.25) is 0 Å². The van der Waals surface area contributed by atoms with Gasteiger partial charge in [-0.25, -0.2) is 9.78 Å². The van der Waals surface area contributed by atoms with Gasteiger partial charge in [0.1, 0.15) is 11.6 Å². The third kappa shape index (κ3) is 5.66. The molecule has 1 aromatic carbocycles. The number of nitrogens with zero attached hydrogens (tertiary/aromatic N) is 6. The van der Waals surface area contributed by atoms with Gasteiger partial charge in [-0.15, -0.1) is 10.2 Å². The van der Waals surface area contributed by atoms with Crippen LogP contribution in [0, 0.1) is 0 Å². The number of ether oxygens (including phenoxy) is 1. The van der Waals surface area contributed by atoms with Crippen LogP contribution in [0.2, 0.25) is 0 Å². The van der Waals surface area contributed by atoms with Crippen molar-refractivity contribution in [3.05, 3.63) is 60.2 Å². The van der Waals surface area contributed by atoms with Crippen LogP contribution in [0.3, 0.4) is 0 Å². The maximum Gasteiger partial charge on any atom is 0.318 e. The third-order valence-corrected chi connectivity index (χ3v) is 5.63. The molecule has 2 aromatic heterocycles. The van der Waals surface area contributed by atoms with Gasteiger partial charge in [0.05, 0.1) is 19.5 Å². The van der Waals surface area contributed by atoms with E-state index in [0.29, 0.717) is 26.2 Å². The topological polar surface area (TPSA) is 90.1 Å². The number of urea groups is 1. The molecule has 0 radical (unpaired) electrons. The second-order valence-corrected chi connectivity index (χ2v) is 7.95. The number of carbonyl (C=O) groups is 1. The molecule has 0 aliphatic carbocycles. The Morgan fingerprint density at radius 1 is 1.22 bits per heavy atom. The van der Waals surface area contributed by atoms with Gasteiger partial charge in [-0.3, -0.25) is 0 Å². The van der Waals surface area contributed by atoms with E-state index < -0.39 is 0 Å². The number of carbonyl (C=O) groups excluding carboxylic acids is 1. The van der Waals surface area contributed by atoms with Crippen molar-refractivity contribution in [1.82, 2.24) is 34.5 Å².